The lowest BCUT2D eigenvalue weighted by molar-refractivity contribution is -0.118. The lowest BCUT2D eigenvalue weighted by Gasteiger charge is -2.11. The molecular weight excluding hydrogens is 402 g/mol. The summed E-state index contributed by atoms with van der Waals surface area (Å²) in [4.78, 5) is 23.1. The summed E-state index contributed by atoms with van der Waals surface area (Å²) in [5.41, 5.74) is 0.735. The first-order valence-electron chi connectivity index (χ1n) is 6.83. The molecule has 1 heterocycles. The van der Waals surface area contributed by atoms with Gasteiger partial charge in [0, 0.05) is 16.6 Å². The van der Waals surface area contributed by atoms with Gasteiger partial charge in [-0.05, 0) is 18.2 Å². The molecule has 1 N–H and O–H groups in total. The molecule has 8 heteroatoms. The van der Waals surface area contributed by atoms with Crippen molar-refractivity contribution in [2.75, 3.05) is 18.7 Å². The van der Waals surface area contributed by atoms with Crippen molar-refractivity contribution < 1.29 is 23.8 Å². The standard InChI is InChI=1S/C16H11BrClNO5/c17-10-1-2-13(9(3-10)6-20)22-7-16(21)19-12-5-15-14(4-11(12)18)23-8-24-15/h1-6H,7-8H2,(H,19,21). The fraction of sp³-hybridized carbons (Fsp3) is 0.125. The van der Waals surface area contributed by atoms with Crippen molar-refractivity contribution >= 4 is 45.4 Å². The first kappa shape index (κ1) is 16.6. The third kappa shape index (κ3) is 3.63. The zero-order valence-electron chi connectivity index (χ0n) is 12.2. The number of halogens is 2. The van der Waals surface area contributed by atoms with E-state index in [-0.39, 0.29) is 13.4 Å². The van der Waals surface area contributed by atoms with Gasteiger partial charge in [0.15, 0.2) is 24.4 Å². The van der Waals surface area contributed by atoms with Gasteiger partial charge in [0.1, 0.15) is 5.75 Å². The van der Waals surface area contributed by atoms with Crippen LogP contribution in [0.4, 0.5) is 5.69 Å². The Morgan fingerprint density at radius 2 is 2.04 bits per heavy atom. The van der Waals surface area contributed by atoms with Crippen LogP contribution in [0.3, 0.4) is 0 Å². The van der Waals surface area contributed by atoms with Crippen LogP contribution in [0.2, 0.25) is 5.02 Å². The average molecular weight is 413 g/mol. The van der Waals surface area contributed by atoms with Gasteiger partial charge in [-0.25, -0.2) is 0 Å². The SMILES string of the molecule is O=Cc1cc(Br)ccc1OCC(=O)Nc1cc2c(cc1Cl)OCO2. The summed E-state index contributed by atoms with van der Waals surface area (Å²) in [5, 5.41) is 2.95. The van der Waals surface area contributed by atoms with Crippen LogP contribution in [0, 0.1) is 0 Å². The largest absolute Gasteiger partial charge is 0.483 e. The van der Waals surface area contributed by atoms with Crippen LogP contribution in [0.1, 0.15) is 10.4 Å². The fourth-order valence-electron chi connectivity index (χ4n) is 2.09. The number of rotatable bonds is 5. The van der Waals surface area contributed by atoms with E-state index in [1.54, 1.807) is 30.3 Å². The molecule has 6 nitrogen and oxygen atoms in total. The zero-order chi connectivity index (χ0) is 17.1. The maximum absolute atomic E-state index is 12.0. The van der Waals surface area contributed by atoms with Crippen LogP contribution < -0.4 is 19.5 Å². The molecule has 0 radical (unpaired) electrons. The second kappa shape index (κ2) is 7.11. The Bertz CT molecular complexity index is 811. The molecule has 1 amide bonds. The Hall–Kier alpha value is -2.25. The number of fused-ring (bicyclic) bond motifs is 1. The van der Waals surface area contributed by atoms with Gasteiger partial charge < -0.3 is 19.5 Å². The van der Waals surface area contributed by atoms with E-state index in [2.05, 4.69) is 21.2 Å². The van der Waals surface area contributed by atoms with Gasteiger partial charge in [0.2, 0.25) is 6.79 Å². The number of aldehydes is 1. The lowest BCUT2D eigenvalue weighted by Crippen LogP contribution is -2.20. The third-order valence-electron chi connectivity index (χ3n) is 3.19. The van der Waals surface area contributed by atoms with Crippen LogP contribution in [-0.2, 0) is 4.79 Å². The summed E-state index contributed by atoms with van der Waals surface area (Å²) in [7, 11) is 0. The molecule has 0 bridgehead atoms. The molecule has 1 aliphatic rings. The molecular formula is C16H11BrClNO5. The van der Waals surface area contributed by atoms with Crippen LogP contribution in [-0.4, -0.2) is 25.6 Å². The Kier molecular flexibility index (Phi) is 4.92. The number of hydrogen-bond acceptors (Lipinski definition) is 5. The summed E-state index contributed by atoms with van der Waals surface area (Å²) in [6.07, 6.45) is 0.659. The van der Waals surface area contributed by atoms with E-state index in [4.69, 9.17) is 25.8 Å². The number of ether oxygens (including phenoxy) is 3. The van der Waals surface area contributed by atoms with Crippen LogP contribution >= 0.6 is 27.5 Å². The van der Waals surface area contributed by atoms with Crippen LogP contribution in [0.25, 0.3) is 0 Å². The quantitative estimate of drug-likeness (QED) is 0.759. The van der Waals surface area contributed by atoms with Gasteiger partial charge in [-0.2, -0.15) is 0 Å². The van der Waals surface area contributed by atoms with Crippen molar-refractivity contribution in [3.8, 4) is 17.2 Å². The molecule has 3 rings (SSSR count). The zero-order valence-corrected chi connectivity index (χ0v) is 14.5. The van der Waals surface area contributed by atoms with Crippen LogP contribution in [0.5, 0.6) is 17.2 Å². The molecule has 0 atom stereocenters. The number of carbonyl (C=O) groups excluding carboxylic acids is 2. The third-order valence-corrected chi connectivity index (χ3v) is 4.00. The number of nitrogens with one attached hydrogen (secondary N) is 1. The molecule has 1 aliphatic heterocycles. The normalized spacial score (nSPS) is 11.9. The van der Waals surface area contributed by atoms with Crippen molar-refractivity contribution in [2.45, 2.75) is 0 Å². The summed E-state index contributed by atoms with van der Waals surface area (Å²) in [6.45, 7) is -0.155. The first-order chi connectivity index (χ1) is 11.6. The summed E-state index contributed by atoms with van der Waals surface area (Å²) in [6, 6.07) is 8.08. The van der Waals surface area contributed by atoms with Gasteiger partial charge in [-0.15, -0.1) is 0 Å². The second-order valence-electron chi connectivity index (χ2n) is 4.82. The minimum Gasteiger partial charge on any atom is -0.483 e. The molecule has 0 saturated carbocycles. The van der Waals surface area contributed by atoms with Crippen LogP contribution in [0.15, 0.2) is 34.8 Å². The fourth-order valence-corrected chi connectivity index (χ4v) is 2.67. The van der Waals surface area contributed by atoms with Gasteiger partial charge in [-0.3, -0.25) is 9.59 Å². The highest BCUT2D eigenvalue weighted by Crippen LogP contribution is 2.39. The lowest BCUT2D eigenvalue weighted by atomic mass is 10.2. The monoisotopic (exact) mass is 411 g/mol. The molecule has 124 valence electrons. The molecule has 0 unspecified atom stereocenters. The van der Waals surface area contributed by atoms with E-state index < -0.39 is 5.91 Å². The number of benzene rings is 2. The maximum atomic E-state index is 12.0. The summed E-state index contributed by atoms with van der Waals surface area (Å²) >= 11 is 9.35. The van der Waals surface area contributed by atoms with E-state index >= 15 is 0 Å². The number of hydrogen-bond donors (Lipinski definition) is 1. The van der Waals surface area contributed by atoms with Crippen molar-refractivity contribution in [1.29, 1.82) is 0 Å². The van der Waals surface area contributed by atoms with E-state index in [1.807, 2.05) is 0 Å². The molecule has 0 fully saturated rings. The van der Waals surface area contributed by atoms with E-state index in [1.165, 1.54) is 0 Å². The topological polar surface area (TPSA) is 73.9 Å². The minimum atomic E-state index is -0.421. The molecule has 2 aromatic carbocycles. The summed E-state index contributed by atoms with van der Waals surface area (Å²) in [5.74, 6) is 0.933. The Labute approximate surface area is 150 Å². The molecule has 0 aromatic heterocycles. The Morgan fingerprint density at radius 1 is 1.29 bits per heavy atom. The van der Waals surface area contributed by atoms with Crippen molar-refractivity contribution in [1.82, 2.24) is 0 Å². The van der Waals surface area contributed by atoms with E-state index in [0.717, 1.165) is 4.47 Å². The first-order valence-corrected chi connectivity index (χ1v) is 8.00. The Balaban J connectivity index is 1.65. The predicted octanol–water partition coefficient (Wildman–Crippen LogP) is 3.66. The van der Waals surface area contributed by atoms with Crippen molar-refractivity contribution in [3.05, 3.63) is 45.4 Å². The number of carbonyl (C=O) groups is 2. The highest BCUT2D eigenvalue weighted by atomic mass is 79.9. The molecule has 24 heavy (non-hydrogen) atoms. The molecule has 2 aromatic rings. The van der Waals surface area contributed by atoms with Gasteiger partial charge >= 0.3 is 0 Å². The van der Waals surface area contributed by atoms with Gasteiger partial charge in [0.25, 0.3) is 5.91 Å². The highest BCUT2D eigenvalue weighted by Gasteiger charge is 2.18. The molecule has 0 aliphatic carbocycles. The number of amides is 1. The molecule has 0 saturated heterocycles. The van der Waals surface area contributed by atoms with Crippen molar-refractivity contribution in [3.63, 3.8) is 0 Å². The maximum Gasteiger partial charge on any atom is 0.262 e. The van der Waals surface area contributed by atoms with Gasteiger partial charge in [-0.1, -0.05) is 27.5 Å². The van der Waals surface area contributed by atoms with Gasteiger partial charge in [0.05, 0.1) is 16.3 Å². The van der Waals surface area contributed by atoms with Crippen molar-refractivity contribution in [2.24, 2.45) is 0 Å². The minimum absolute atomic E-state index is 0.115. The Morgan fingerprint density at radius 3 is 2.79 bits per heavy atom. The van der Waals surface area contributed by atoms with E-state index in [0.29, 0.717) is 39.8 Å². The highest BCUT2D eigenvalue weighted by molar-refractivity contribution is 9.10. The average Bonchev–Trinajstić information content (AvgIpc) is 3.01. The van der Waals surface area contributed by atoms with E-state index in [9.17, 15) is 9.59 Å². The summed E-state index contributed by atoms with van der Waals surface area (Å²) < 4.78 is 16.6. The molecule has 0 spiro atoms. The predicted molar refractivity (Wildman–Crippen MR) is 91.2 cm³/mol. The smallest absolute Gasteiger partial charge is 0.262 e. The second-order valence-corrected chi connectivity index (χ2v) is 6.15. The number of anilines is 1.